The summed E-state index contributed by atoms with van der Waals surface area (Å²) in [6.07, 6.45) is 1.94. The summed E-state index contributed by atoms with van der Waals surface area (Å²) in [5.74, 6) is 0.0795. The number of likely N-dealkylation sites (tertiary alicyclic amines) is 1. The Morgan fingerprint density at radius 3 is 2.65 bits per heavy atom. The minimum absolute atomic E-state index is 0. The van der Waals surface area contributed by atoms with E-state index < -0.39 is 0 Å². The number of hydrogen-bond donors (Lipinski definition) is 2. The van der Waals surface area contributed by atoms with Crippen LogP contribution in [-0.2, 0) is 16.1 Å². The summed E-state index contributed by atoms with van der Waals surface area (Å²) in [6.45, 7) is 7.64. The molecular weight excluding hydrogens is 373 g/mol. The molecule has 4 atom stereocenters. The first kappa shape index (κ1) is 23.2. The van der Waals surface area contributed by atoms with Crippen LogP contribution in [0.25, 0.3) is 0 Å². The van der Waals surface area contributed by atoms with Crippen molar-refractivity contribution in [3.8, 4) is 0 Å². The molecule has 2 aliphatic rings. The molecule has 2 aliphatic heterocycles. The largest absolute Gasteiger partial charge is 0.375 e. The van der Waals surface area contributed by atoms with E-state index in [1.807, 2.05) is 6.92 Å². The highest BCUT2D eigenvalue weighted by molar-refractivity contribution is 5.85. The third-order valence-electron chi connectivity index (χ3n) is 5.19. The molecular formula is C19H31Cl2N3O2. The number of morpholine rings is 1. The molecule has 1 aromatic rings. The average Bonchev–Trinajstić information content (AvgIpc) is 2.58. The van der Waals surface area contributed by atoms with Gasteiger partial charge in [0.2, 0.25) is 5.91 Å². The number of carbonyl (C=O) groups is 1. The quantitative estimate of drug-likeness (QED) is 0.809. The maximum absolute atomic E-state index is 12.5. The zero-order valence-corrected chi connectivity index (χ0v) is 17.2. The van der Waals surface area contributed by atoms with Gasteiger partial charge in [0.25, 0.3) is 0 Å². The van der Waals surface area contributed by atoms with Crippen LogP contribution in [0, 0.1) is 0 Å². The predicted molar refractivity (Wildman–Crippen MR) is 109 cm³/mol. The van der Waals surface area contributed by atoms with Gasteiger partial charge in [0.15, 0.2) is 0 Å². The highest BCUT2D eigenvalue weighted by Gasteiger charge is 2.32. The molecule has 2 N–H and O–H groups in total. The fourth-order valence-electron chi connectivity index (χ4n) is 3.72. The number of nitrogens with one attached hydrogen (secondary N) is 2. The molecule has 26 heavy (non-hydrogen) atoms. The number of carbonyl (C=O) groups excluding carboxylic acids is 1. The van der Waals surface area contributed by atoms with Crippen LogP contribution in [0.3, 0.4) is 0 Å². The molecule has 0 saturated carbocycles. The Hall–Kier alpha value is -0.850. The predicted octanol–water partition coefficient (Wildman–Crippen LogP) is 2.38. The van der Waals surface area contributed by atoms with Gasteiger partial charge in [0, 0.05) is 31.7 Å². The first-order valence-corrected chi connectivity index (χ1v) is 9.07. The van der Waals surface area contributed by atoms with Crippen LogP contribution in [0.15, 0.2) is 30.3 Å². The van der Waals surface area contributed by atoms with Crippen LogP contribution in [0.4, 0.5) is 0 Å². The Bertz CT molecular complexity index is 547. The van der Waals surface area contributed by atoms with Crippen molar-refractivity contribution in [3.63, 3.8) is 0 Å². The summed E-state index contributed by atoms with van der Waals surface area (Å²) in [7, 11) is 0. The molecule has 0 aromatic heterocycles. The van der Waals surface area contributed by atoms with Crippen molar-refractivity contribution in [2.24, 2.45) is 0 Å². The van der Waals surface area contributed by atoms with Crippen molar-refractivity contribution in [3.05, 3.63) is 35.9 Å². The van der Waals surface area contributed by atoms with E-state index in [9.17, 15) is 4.79 Å². The average molecular weight is 404 g/mol. The first-order valence-electron chi connectivity index (χ1n) is 9.07. The lowest BCUT2D eigenvalue weighted by Gasteiger charge is -2.39. The van der Waals surface area contributed by atoms with Crippen LogP contribution >= 0.6 is 24.8 Å². The molecule has 1 aromatic carbocycles. The van der Waals surface area contributed by atoms with Crippen molar-refractivity contribution >= 4 is 30.7 Å². The Balaban J connectivity index is 0.00000169. The first-order chi connectivity index (χ1) is 11.6. The highest BCUT2D eigenvalue weighted by Crippen LogP contribution is 2.20. The van der Waals surface area contributed by atoms with Crippen LogP contribution in [0.5, 0.6) is 0 Å². The van der Waals surface area contributed by atoms with Gasteiger partial charge in [-0.2, -0.15) is 0 Å². The zero-order valence-electron chi connectivity index (χ0n) is 15.5. The maximum atomic E-state index is 12.5. The highest BCUT2D eigenvalue weighted by atomic mass is 35.5. The topological polar surface area (TPSA) is 53.6 Å². The third kappa shape index (κ3) is 6.10. The van der Waals surface area contributed by atoms with E-state index in [4.69, 9.17) is 4.74 Å². The fourth-order valence-corrected chi connectivity index (χ4v) is 3.72. The zero-order chi connectivity index (χ0) is 16.9. The molecule has 2 saturated heterocycles. The van der Waals surface area contributed by atoms with Gasteiger partial charge in [-0.15, -0.1) is 24.8 Å². The fraction of sp³-hybridized carbons (Fsp3) is 0.632. The van der Waals surface area contributed by atoms with Crippen LogP contribution in [0.2, 0.25) is 0 Å². The standard InChI is InChI=1S/C19H29N3O2.2ClH/c1-14-12-17(21-19(23)18-15(2)24-11-9-20-18)8-10-22(14)13-16-6-4-3-5-7-16;;/h3-7,14-15,17-18,20H,8-13H2,1-2H3,(H,21,23);2*1H/t14?,15-,17?,18+;;/m1../s1. The number of amides is 1. The summed E-state index contributed by atoms with van der Waals surface area (Å²) in [5.41, 5.74) is 1.35. The summed E-state index contributed by atoms with van der Waals surface area (Å²) >= 11 is 0. The van der Waals surface area contributed by atoms with Crippen LogP contribution in [0.1, 0.15) is 32.3 Å². The second kappa shape index (κ2) is 11.1. The van der Waals surface area contributed by atoms with Crippen LogP contribution < -0.4 is 10.6 Å². The monoisotopic (exact) mass is 403 g/mol. The van der Waals surface area contributed by atoms with E-state index in [-0.39, 0.29) is 48.9 Å². The van der Waals surface area contributed by atoms with Gasteiger partial charge in [-0.1, -0.05) is 30.3 Å². The molecule has 1 amide bonds. The number of ether oxygens (including phenoxy) is 1. The molecule has 148 valence electrons. The van der Waals surface area contributed by atoms with Gasteiger partial charge >= 0.3 is 0 Å². The number of piperidine rings is 1. The summed E-state index contributed by atoms with van der Waals surface area (Å²) in [5, 5.41) is 6.49. The van der Waals surface area contributed by atoms with E-state index in [2.05, 4.69) is 52.8 Å². The number of benzene rings is 1. The number of rotatable bonds is 4. The molecule has 7 heteroatoms. The Morgan fingerprint density at radius 2 is 2.00 bits per heavy atom. The second-order valence-electron chi connectivity index (χ2n) is 7.04. The Labute approximate surface area is 169 Å². The molecule has 2 heterocycles. The smallest absolute Gasteiger partial charge is 0.240 e. The molecule has 0 radical (unpaired) electrons. The summed E-state index contributed by atoms with van der Waals surface area (Å²) in [6, 6.07) is 11.1. The van der Waals surface area contributed by atoms with E-state index in [0.717, 1.165) is 32.5 Å². The summed E-state index contributed by atoms with van der Waals surface area (Å²) < 4.78 is 5.57. The summed E-state index contributed by atoms with van der Waals surface area (Å²) in [4.78, 5) is 15.0. The molecule has 5 nitrogen and oxygen atoms in total. The lowest BCUT2D eigenvalue weighted by atomic mass is 9.97. The van der Waals surface area contributed by atoms with Crippen molar-refractivity contribution in [2.45, 2.75) is 57.5 Å². The van der Waals surface area contributed by atoms with Crippen molar-refractivity contribution in [2.75, 3.05) is 19.7 Å². The van der Waals surface area contributed by atoms with E-state index in [1.165, 1.54) is 5.56 Å². The molecule has 2 fully saturated rings. The molecule has 2 unspecified atom stereocenters. The minimum Gasteiger partial charge on any atom is -0.375 e. The van der Waals surface area contributed by atoms with Crippen LogP contribution in [-0.4, -0.2) is 54.7 Å². The van der Waals surface area contributed by atoms with Crippen molar-refractivity contribution in [1.82, 2.24) is 15.5 Å². The van der Waals surface area contributed by atoms with Crippen molar-refractivity contribution < 1.29 is 9.53 Å². The van der Waals surface area contributed by atoms with Crippen molar-refractivity contribution in [1.29, 1.82) is 0 Å². The van der Waals surface area contributed by atoms with Gasteiger partial charge in [-0.3, -0.25) is 9.69 Å². The van der Waals surface area contributed by atoms with E-state index in [1.54, 1.807) is 0 Å². The van der Waals surface area contributed by atoms with Gasteiger partial charge in [-0.05, 0) is 32.3 Å². The van der Waals surface area contributed by atoms with E-state index >= 15 is 0 Å². The van der Waals surface area contributed by atoms with Gasteiger partial charge in [0.1, 0.15) is 6.04 Å². The van der Waals surface area contributed by atoms with Gasteiger partial charge in [-0.25, -0.2) is 0 Å². The number of hydrogen-bond acceptors (Lipinski definition) is 4. The lowest BCUT2D eigenvalue weighted by Crippen LogP contribution is -2.58. The molecule has 3 rings (SSSR count). The normalized spacial score (nSPS) is 29.2. The van der Waals surface area contributed by atoms with Gasteiger partial charge in [0.05, 0.1) is 12.7 Å². The number of nitrogens with zero attached hydrogens (tertiary/aromatic N) is 1. The molecule has 0 bridgehead atoms. The Morgan fingerprint density at radius 1 is 1.27 bits per heavy atom. The minimum atomic E-state index is -0.226. The molecule has 0 aliphatic carbocycles. The lowest BCUT2D eigenvalue weighted by molar-refractivity contribution is -0.130. The number of halogens is 2. The van der Waals surface area contributed by atoms with Gasteiger partial charge < -0.3 is 15.4 Å². The maximum Gasteiger partial charge on any atom is 0.240 e. The SMILES string of the molecule is CC1CC(NC(=O)[C@H]2NCCO[C@@H]2C)CCN1Cc1ccccc1.Cl.Cl. The molecule has 0 spiro atoms. The second-order valence-corrected chi connectivity index (χ2v) is 7.04. The third-order valence-corrected chi connectivity index (χ3v) is 5.19. The van der Waals surface area contributed by atoms with E-state index in [0.29, 0.717) is 12.6 Å². The Kier molecular flexibility index (Phi) is 9.90.